The van der Waals surface area contributed by atoms with Crippen LogP contribution in [0.25, 0.3) is 22.8 Å². The number of anilines is 1. The van der Waals surface area contributed by atoms with Crippen LogP contribution in [0.1, 0.15) is 16.7 Å². The molecule has 0 amide bonds. The molecule has 21 heavy (non-hydrogen) atoms. The van der Waals surface area contributed by atoms with E-state index < -0.39 is 0 Å². The molecule has 0 aliphatic heterocycles. The van der Waals surface area contributed by atoms with Crippen molar-refractivity contribution in [2.45, 2.75) is 20.8 Å². The molecular formula is C17H17N3O. The molecule has 0 saturated carbocycles. The molecule has 0 aliphatic carbocycles. The molecule has 3 rings (SSSR count). The van der Waals surface area contributed by atoms with E-state index in [2.05, 4.69) is 10.1 Å². The van der Waals surface area contributed by atoms with Crippen LogP contribution < -0.4 is 5.73 Å². The van der Waals surface area contributed by atoms with Crippen LogP contribution in [0.2, 0.25) is 0 Å². The summed E-state index contributed by atoms with van der Waals surface area (Å²) in [6, 6.07) is 11.8. The molecule has 0 fully saturated rings. The Bertz CT molecular complexity index is 806. The number of aromatic nitrogens is 2. The van der Waals surface area contributed by atoms with Crippen molar-refractivity contribution in [1.29, 1.82) is 0 Å². The van der Waals surface area contributed by atoms with Crippen molar-refractivity contribution in [1.82, 2.24) is 10.1 Å². The van der Waals surface area contributed by atoms with Gasteiger partial charge in [0.1, 0.15) is 0 Å². The summed E-state index contributed by atoms with van der Waals surface area (Å²) in [5.41, 5.74) is 11.8. The summed E-state index contributed by atoms with van der Waals surface area (Å²) < 4.78 is 5.43. The lowest BCUT2D eigenvalue weighted by molar-refractivity contribution is 0.432. The highest BCUT2D eigenvalue weighted by atomic mass is 16.5. The summed E-state index contributed by atoms with van der Waals surface area (Å²) in [7, 11) is 0. The molecule has 1 aromatic heterocycles. The molecule has 1 heterocycles. The lowest BCUT2D eigenvalue weighted by Gasteiger charge is -2.06. The quantitative estimate of drug-likeness (QED) is 0.722. The number of hydrogen-bond donors (Lipinski definition) is 1. The van der Waals surface area contributed by atoms with Crippen LogP contribution in [0.15, 0.2) is 40.9 Å². The fourth-order valence-corrected chi connectivity index (χ4v) is 2.38. The molecule has 0 bridgehead atoms. The van der Waals surface area contributed by atoms with Crippen molar-refractivity contribution in [3.63, 3.8) is 0 Å². The minimum absolute atomic E-state index is 0.501. The number of nitrogens with zero attached hydrogens (tertiary/aromatic N) is 2. The Hall–Kier alpha value is -2.62. The first-order chi connectivity index (χ1) is 10.1. The largest absolute Gasteiger partial charge is 0.399 e. The molecule has 0 radical (unpaired) electrons. The molecule has 2 N–H and O–H groups in total. The number of rotatable bonds is 2. The minimum Gasteiger partial charge on any atom is -0.399 e. The van der Waals surface area contributed by atoms with Crippen LogP contribution in [0.5, 0.6) is 0 Å². The van der Waals surface area contributed by atoms with E-state index in [0.717, 1.165) is 27.8 Å². The van der Waals surface area contributed by atoms with Crippen LogP contribution in [0.3, 0.4) is 0 Å². The molecule has 2 aromatic carbocycles. The number of nitrogens with two attached hydrogens (primary N) is 1. The zero-order chi connectivity index (χ0) is 15.0. The van der Waals surface area contributed by atoms with Gasteiger partial charge in [0.15, 0.2) is 0 Å². The van der Waals surface area contributed by atoms with Crippen molar-refractivity contribution in [2.75, 3.05) is 5.73 Å². The van der Waals surface area contributed by atoms with Crippen molar-refractivity contribution in [3.05, 3.63) is 53.1 Å². The van der Waals surface area contributed by atoms with Crippen LogP contribution >= 0.6 is 0 Å². The maximum atomic E-state index is 5.92. The van der Waals surface area contributed by atoms with E-state index in [1.165, 1.54) is 0 Å². The highest BCUT2D eigenvalue weighted by Gasteiger charge is 2.15. The predicted molar refractivity (Wildman–Crippen MR) is 83.8 cm³/mol. The molecule has 0 unspecified atom stereocenters. The van der Waals surface area contributed by atoms with Crippen LogP contribution in [-0.2, 0) is 0 Å². The highest BCUT2D eigenvalue weighted by Crippen LogP contribution is 2.29. The van der Waals surface area contributed by atoms with Crippen molar-refractivity contribution >= 4 is 5.69 Å². The lowest BCUT2D eigenvalue weighted by Crippen LogP contribution is -1.93. The maximum absolute atomic E-state index is 5.92. The molecular weight excluding hydrogens is 262 g/mol. The Kier molecular flexibility index (Phi) is 3.22. The Morgan fingerprint density at radius 3 is 2.48 bits per heavy atom. The van der Waals surface area contributed by atoms with Gasteiger partial charge in [0, 0.05) is 16.8 Å². The van der Waals surface area contributed by atoms with E-state index in [1.54, 1.807) is 0 Å². The first-order valence-electron chi connectivity index (χ1n) is 6.83. The van der Waals surface area contributed by atoms with Gasteiger partial charge in [0.25, 0.3) is 5.89 Å². The average molecular weight is 279 g/mol. The minimum atomic E-state index is 0.501. The van der Waals surface area contributed by atoms with Gasteiger partial charge in [-0.2, -0.15) is 4.98 Å². The smallest absolute Gasteiger partial charge is 0.258 e. The predicted octanol–water partition coefficient (Wildman–Crippen LogP) is 3.91. The summed E-state index contributed by atoms with van der Waals surface area (Å²) in [6.45, 7) is 6.08. The first-order valence-corrected chi connectivity index (χ1v) is 6.83. The lowest BCUT2D eigenvalue weighted by atomic mass is 10.0. The van der Waals surface area contributed by atoms with Gasteiger partial charge >= 0.3 is 0 Å². The second kappa shape index (κ2) is 5.05. The third-order valence-corrected chi connectivity index (χ3v) is 3.73. The molecule has 0 saturated heterocycles. The fraction of sp³-hybridized carbons (Fsp3) is 0.176. The normalized spacial score (nSPS) is 10.8. The molecule has 106 valence electrons. The van der Waals surface area contributed by atoms with Crippen molar-refractivity contribution < 1.29 is 4.52 Å². The fourth-order valence-electron chi connectivity index (χ4n) is 2.38. The van der Waals surface area contributed by atoms with Crippen LogP contribution in [-0.4, -0.2) is 10.1 Å². The van der Waals surface area contributed by atoms with Gasteiger partial charge in [-0.15, -0.1) is 0 Å². The molecule has 0 aliphatic rings. The highest BCUT2D eigenvalue weighted by molar-refractivity contribution is 5.68. The second-order valence-corrected chi connectivity index (χ2v) is 5.25. The zero-order valence-corrected chi connectivity index (χ0v) is 12.3. The van der Waals surface area contributed by atoms with Crippen molar-refractivity contribution in [3.8, 4) is 22.8 Å². The van der Waals surface area contributed by atoms with Gasteiger partial charge in [-0.1, -0.05) is 29.4 Å². The van der Waals surface area contributed by atoms with Crippen LogP contribution in [0.4, 0.5) is 5.69 Å². The number of nitrogen functional groups attached to an aromatic ring is 1. The van der Waals surface area contributed by atoms with Gasteiger partial charge in [-0.25, -0.2) is 0 Å². The Morgan fingerprint density at radius 1 is 0.952 bits per heavy atom. The Balaban J connectivity index is 2.09. The van der Waals surface area contributed by atoms with Gasteiger partial charge in [-0.3, -0.25) is 0 Å². The van der Waals surface area contributed by atoms with Crippen molar-refractivity contribution in [2.24, 2.45) is 0 Å². The number of benzene rings is 2. The SMILES string of the molecule is Cc1ccccc1-c1noc(-c2cc(N)cc(C)c2C)n1. The average Bonchev–Trinajstić information content (AvgIpc) is 2.92. The van der Waals surface area contributed by atoms with E-state index in [-0.39, 0.29) is 0 Å². The monoisotopic (exact) mass is 279 g/mol. The second-order valence-electron chi connectivity index (χ2n) is 5.25. The number of hydrogen-bond acceptors (Lipinski definition) is 4. The van der Waals surface area contributed by atoms with Gasteiger partial charge < -0.3 is 10.3 Å². The summed E-state index contributed by atoms with van der Waals surface area (Å²) in [5.74, 6) is 1.10. The molecule has 4 heteroatoms. The summed E-state index contributed by atoms with van der Waals surface area (Å²) >= 11 is 0. The molecule has 0 atom stereocenters. The standard InChI is InChI=1S/C17H17N3O/c1-10-6-4-5-7-14(10)16-19-17(21-20-16)15-9-13(18)8-11(2)12(15)3/h4-9H,18H2,1-3H3. The third-order valence-electron chi connectivity index (χ3n) is 3.73. The van der Waals surface area contributed by atoms with Gasteiger partial charge in [-0.05, 0) is 49.6 Å². The molecule has 4 nitrogen and oxygen atoms in total. The summed E-state index contributed by atoms with van der Waals surface area (Å²) in [5, 5.41) is 4.10. The topological polar surface area (TPSA) is 64.9 Å². The van der Waals surface area contributed by atoms with Gasteiger partial charge in [0.05, 0.1) is 0 Å². The number of aryl methyl sites for hydroxylation is 2. The Labute approximate surface area is 123 Å². The summed E-state index contributed by atoms with van der Waals surface area (Å²) in [4.78, 5) is 4.52. The molecule has 0 spiro atoms. The van der Waals surface area contributed by atoms with Gasteiger partial charge in [0.2, 0.25) is 5.82 Å². The van der Waals surface area contributed by atoms with E-state index in [9.17, 15) is 0 Å². The molecule has 3 aromatic rings. The third kappa shape index (κ3) is 2.40. The van der Waals surface area contributed by atoms with E-state index in [1.807, 2.05) is 57.2 Å². The van der Waals surface area contributed by atoms with E-state index >= 15 is 0 Å². The maximum Gasteiger partial charge on any atom is 0.258 e. The first kappa shape index (κ1) is 13.4. The van der Waals surface area contributed by atoms with E-state index in [4.69, 9.17) is 10.3 Å². The van der Waals surface area contributed by atoms with Crippen LogP contribution in [0, 0.1) is 20.8 Å². The Morgan fingerprint density at radius 2 is 1.71 bits per heavy atom. The van der Waals surface area contributed by atoms with E-state index in [0.29, 0.717) is 17.4 Å². The summed E-state index contributed by atoms with van der Waals surface area (Å²) in [6.07, 6.45) is 0. The zero-order valence-electron chi connectivity index (χ0n) is 12.3.